The number of hydrogen-bond acceptors (Lipinski definition) is 2. The Kier molecular flexibility index (Phi) is 3.41. The van der Waals surface area contributed by atoms with Crippen molar-refractivity contribution in [3.05, 3.63) is 28.7 Å². The Balaban J connectivity index is 3.09. The first-order chi connectivity index (χ1) is 6.19. The minimum absolute atomic E-state index is 0.265. The van der Waals surface area contributed by atoms with Gasteiger partial charge in [0.1, 0.15) is 5.76 Å². The van der Waals surface area contributed by atoms with Gasteiger partial charge in [0.25, 0.3) is 0 Å². The molecule has 0 spiro atoms. The maximum absolute atomic E-state index is 8.70. The Morgan fingerprint density at radius 1 is 1.62 bits per heavy atom. The smallest absolute Gasteiger partial charge is 0.193 e. The number of rotatable bonds is 2. The predicted octanol–water partition coefficient (Wildman–Crippen LogP) is 3.82. The van der Waals surface area contributed by atoms with E-state index in [2.05, 4.69) is 0 Å². The van der Waals surface area contributed by atoms with Gasteiger partial charge in [0.15, 0.2) is 5.22 Å². The van der Waals surface area contributed by atoms with E-state index >= 15 is 0 Å². The van der Waals surface area contributed by atoms with Crippen LogP contribution in [0.4, 0.5) is 0 Å². The van der Waals surface area contributed by atoms with Gasteiger partial charge in [-0.15, -0.1) is 0 Å². The second-order valence-corrected chi connectivity index (χ2v) is 3.11. The average molecular weight is 216 g/mol. The molecule has 0 aliphatic heterocycles. The number of hydrogen-bond donors (Lipinski definition) is 0. The van der Waals surface area contributed by atoms with Gasteiger partial charge in [0.05, 0.1) is 16.7 Å². The summed E-state index contributed by atoms with van der Waals surface area (Å²) in [4.78, 5) is 0. The van der Waals surface area contributed by atoms with E-state index in [1.165, 1.54) is 0 Å². The van der Waals surface area contributed by atoms with Crippen molar-refractivity contribution < 1.29 is 4.42 Å². The fourth-order valence-corrected chi connectivity index (χ4v) is 1.29. The minimum Gasteiger partial charge on any atom is -0.444 e. The summed E-state index contributed by atoms with van der Waals surface area (Å²) in [5.74, 6) is 0.435. The molecule has 1 aromatic heterocycles. The summed E-state index contributed by atoms with van der Waals surface area (Å²) in [6, 6.07) is 5.23. The van der Waals surface area contributed by atoms with Crippen LogP contribution in [0.3, 0.4) is 0 Å². The van der Waals surface area contributed by atoms with E-state index in [0.717, 1.165) is 0 Å². The lowest BCUT2D eigenvalue weighted by molar-refractivity contribution is 0.557. The Morgan fingerprint density at radius 3 is 2.69 bits per heavy atom. The lowest BCUT2D eigenvalue weighted by Gasteiger charge is -1.96. The van der Waals surface area contributed by atoms with Crippen molar-refractivity contribution >= 4 is 28.2 Å². The Morgan fingerprint density at radius 2 is 2.31 bits per heavy atom. The van der Waals surface area contributed by atoms with Crippen LogP contribution in [0.15, 0.2) is 22.1 Å². The summed E-state index contributed by atoms with van der Waals surface area (Å²) in [6.45, 7) is 1.85. The van der Waals surface area contributed by atoms with Gasteiger partial charge in [-0.2, -0.15) is 5.26 Å². The van der Waals surface area contributed by atoms with E-state index in [1.54, 1.807) is 12.1 Å². The third-order valence-electron chi connectivity index (χ3n) is 1.54. The Bertz CT molecular complexity index is 373. The highest BCUT2D eigenvalue weighted by atomic mass is 35.5. The van der Waals surface area contributed by atoms with Gasteiger partial charge < -0.3 is 4.42 Å². The van der Waals surface area contributed by atoms with Crippen molar-refractivity contribution in [3.63, 3.8) is 0 Å². The topological polar surface area (TPSA) is 36.9 Å². The summed E-state index contributed by atoms with van der Waals surface area (Å²) in [5, 5.41) is 9.29. The highest BCUT2D eigenvalue weighted by Crippen LogP contribution is 2.27. The van der Waals surface area contributed by atoms with E-state index < -0.39 is 0 Å². The van der Waals surface area contributed by atoms with Crippen molar-refractivity contribution in [3.8, 4) is 6.07 Å². The van der Waals surface area contributed by atoms with Crippen LogP contribution >= 0.6 is 23.2 Å². The first-order valence-electron chi connectivity index (χ1n) is 3.73. The summed E-state index contributed by atoms with van der Waals surface area (Å²) in [7, 11) is 0. The first-order valence-corrected chi connectivity index (χ1v) is 4.49. The molecule has 0 unspecified atom stereocenters. The molecule has 1 rings (SSSR count). The molecule has 0 bridgehead atoms. The molecule has 13 heavy (non-hydrogen) atoms. The largest absolute Gasteiger partial charge is 0.444 e. The van der Waals surface area contributed by atoms with Gasteiger partial charge >= 0.3 is 0 Å². The molecule has 2 nitrogen and oxygen atoms in total. The van der Waals surface area contributed by atoms with Crippen LogP contribution in [0.5, 0.6) is 0 Å². The fourth-order valence-electron chi connectivity index (χ4n) is 0.864. The van der Waals surface area contributed by atoms with Crippen molar-refractivity contribution in [1.82, 2.24) is 0 Å². The molecule has 0 saturated heterocycles. The van der Waals surface area contributed by atoms with Gasteiger partial charge in [0, 0.05) is 0 Å². The molecule has 1 heterocycles. The van der Waals surface area contributed by atoms with Gasteiger partial charge in [-0.25, -0.2) is 0 Å². The molecule has 0 radical (unpaired) electrons. The zero-order valence-corrected chi connectivity index (χ0v) is 8.49. The standard InChI is InChI=1S/C9H7Cl2NO/c1-2-6(5-12)9(11)7-3-4-8(10)13-7/h3-4H,2H2,1H3/b9-6-. The van der Waals surface area contributed by atoms with Crippen LogP contribution < -0.4 is 0 Å². The molecule has 1 aromatic rings. The number of nitrogens with zero attached hydrogens (tertiary/aromatic N) is 1. The summed E-state index contributed by atoms with van der Waals surface area (Å²) >= 11 is 11.5. The molecule has 0 fully saturated rings. The third-order valence-corrected chi connectivity index (χ3v) is 2.16. The molecule has 0 aliphatic rings. The van der Waals surface area contributed by atoms with Crippen LogP contribution in [-0.2, 0) is 0 Å². The summed E-state index contributed by atoms with van der Waals surface area (Å²) in [5.41, 5.74) is 0.493. The van der Waals surface area contributed by atoms with E-state index in [-0.39, 0.29) is 5.22 Å². The number of halogens is 2. The lowest BCUT2D eigenvalue weighted by atomic mass is 10.2. The summed E-state index contributed by atoms with van der Waals surface area (Å²) in [6.07, 6.45) is 0.577. The molecule has 0 atom stereocenters. The van der Waals surface area contributed by atoms with E-state index in [0.29, 0.717) is 22.8 Å². The molecular weight excluding hydrogens is 209 g/mol. The molecule has 0 N–H and O–H groups in total. The SMILES string of the molecule is CC/C(C#N)=C(/Cl)c1ccc(Cl)o1. The second-order valence-electron chi connectivity index (χ2n) is 2.36. The lowest BCUT2D eigenvalue weighted by Crippen LogP contribution is -1.80. The Labute approximate surface area is 86.4 Å². The number of nitriles is 1. The van der Waals surface area contributed by atoms with Gasteiger partial charge in [0.2, 0.25) is 0 Å². The minimum atomic E-state index is 0.265. The second kappa shape index (κ2) is 4.36. The van der Waals surface area contributed by atoms with Crippen molar-refractivity contribution in [2.24, 2.45) is 0 Å². The fraction of sp³-hybridized carbons (Fsp3) is 0.222. The monoisotopic (exact) mass is 215 g/mol. The normalized spacial score (nSPS) is 12.2. The molecule has 68 valence electrons. The Hall–Kier alpha value is -0.910. The number of allylic oxidation sites excluding steroid dienone is 1. The van der Waals surface area contributed by atoms with E-state index in [1.807, 2.05) is 13.0 Å². The number of furan rings is 1. The van der Waals surface area contributed by atoms with Crippen LogP contribution in [0.2, 0.25) is 5.22 Å². The predicted molar refractivity (Wildman–Crippen MR) is 52.4 cm³/mol. The highest BCUT2D eigenvalue weighted by Gasteiger charge is 2.08. The van der Waals surface area contributed by atoms with Gasteiger partial charge in [-0.05, 0) is 30.2 Å². The van der Waals surface area contributed by atoms with Crippen molar-refractivity contribution in [2.75, 3.05) is 0 Å². The van der Waals surface area contributed by atoms with E-state index in [4.69, 9.17) is 32.9 Å². The molecule has 4 heteroatoms. The molecule has 0 aliphatic carbocycles. The molecule has 0 amide bonds. The zero-order chi connectivity index (χ0) is 9.84. The summed E-state index contributed by atoms with van der Waals surface area (Å²) < 4.78 is 5.05. The highest BCUT2D eigenvalue weighted by molar-refractivity contribution is 6.49. The van der Waals surface area contributed by atoms with Crippen LogP contribution in [0.25, 0.3) is 5.03 Å². The van der Waals surface area contributed by atoms with E-state index in [9.17, 15) is 0 Å². The van der Waals surface area contributed by atoms with Crippen LogP contribution in [0.1, 0.15) is 19.1 Å². The first kappa shape index (κ1) is 10.2. The van der Waals surface area contributed by atoms with Crippen molar-refractivity contribution in [2.45, 2.75) is 13.3 Å². The molecule has 0 saturated carbocycles. The van der Waals surface area contributed by atoms with Crippen molar-refractivity contribution in [1.29, 1.82) is 5.26 Å². The third kappa shape index (κ3) is 2.27. The van der Waals surface area contributed by atoms with Crippen LogP contribution in [-0.4, -0.2) is 0 Å². The molecular formula is C9H7Cl2NO. The maximum Gasteiger partial charge on any atom is 0.193 e. The van der Waals surface area contributed by atoms with Gasteiger partial charge in [-0.3, -0.25) is 0 Å². The average Bonchev–Trinajstić information content (AvgIpc) is 2.54. The molecule has 0 aromatic carbocycles. The van der Waals surface area contributed by atoms with Gasteiger partial charge in [-0.1, -0.05) is 18.5 Å². The zero-order valence-electron chi connectivity index (χ0n) is 6.97. The quantitative estimate of drug-likeness (QED) is 0.704. The van der Waals surface area contributed by atoms with Crippen LogP contribution in [0, 0.1) is 11.3 Å². The maximum atomic E-state index is 8.70.